The Balaban J connectivity index is 2.05. The first kappa shape index (κ1) is 15.6. The van der Waals surface area contributed by atoms with Crippen molar-refractivity contribution in [1.29, 1.82) is 0 Å². The maximum Gasteiger partial charge on any atom is 0.184 e. The molecular formula is C19H22O2. The van der Waals surface area contributed by atoms with Gasteiger partial charge in [-0.2, -0.15) is 0 Å². The highest BCUT2D eigenvalue weighted by Gasteiger charge is 2.18. The van der Waals surface area contributed by atoms with Crippen LogP contribution in [0.25, 0.3) is 0 Å². The third-order valence-electron chi connectivity index (χ3n) is 3.53. The van der Waals surface area contributed by atoms with E-state index in [-0.39, 0.29) is 11.7 Å². The van der Waals surface area contributed by atoms with Crippen molar-refractivity contribution >= 4 is 0 Å². The van der Waals surface area contributed by atoms with Crippen LogP contribution in [0.4, 0.5) is 0 Å². The summed E-state index contributed by atoms with van der Waals surface area (Å²) in [6, 6.07) is 8.01. The predicted octanol–water partition coefficient (Wildman–Crippen LogP) is 3.91. The quantitative estimate of drug-likeness (QED) is 0.782. The fourth-order valence-electron chi connectivity index (χ4n) is 2.09. The van der Waals surface area contributed by atoms with E-state index in [2.05, 4.69) is 31.6 Å². The fourth-order valence-corrected chi connectivity index (χ4v) is 2.09. The number of ether oxygens (including phenoxy) is 2. The summed E-state index contributed by atoms with van der Waals surface area (Å²) in [4.78, 5) is 0. The lowest BCUT2D eigenvalue weighted by Crippen LogP contribution is -2.18. The first-order valence-electron chi connectivity index (χ1n) is 7.41. The molecule has 0 radical (unpaired) electrons. The molecule has 1 aliphatic rings. The summed E-state index contributed by atoms with van der Waals surface area (Å²) in [5.41, 5.74) is 1.90. The fraction of sp³-hybridized carbons (Fsp3) is 0.474. The Morgan fingerprint density at radius 1 is 1.24 bits per heavy atom. The van der Waals surface area contributed by atoms with Gasteiger partial charge < -0.3 is 9.47 Å². The van der Waals surface area contributed by atoms with Gasteiger partial charge >= 0.3 is 0 Å². The van der Waals surface area contributed by atoms with Gasteiger partial charge in [-0.25, -0.2) is 0 Å². The summed E-state index contributed by atoms with van der Waals surface area (Å²) in [6.45, 7) is 5.60. The molecule has 1 heterocycles. The molecule has 0 bridgehead atoms. The van der Waals surface area contributed by atoms with Gasteiger partial charge in [-0.05, 0) is 32.8 Å². The van der Waals surface area contributed by atoms with Crippen LogP contribution in [0.1, 0.15) is 50.5 Å². The first-order chi connectivity index (χ1) is 10.1. The first-order valence-corrected chi connectivity index (χ1v) is 7.41. The van der Waals surface area contributed by atoms with Gasteiger partial charge in [-0.15, -0.1) is 12.3 Å². The predicted molar refractivity (Wildman–Crippen MR) is 84.4 cm³/mol. The van der Waals surface area contributed by atoms with E-state index in [1.807, 2.05) is 24.3 Å². The summed E-state index contributed by atoms with van der Waals surface area (Å²) in [5.74, 6) is 9.24. The highest BCUT2D eigenvalue weighted by Crippen LogP contribution is 2.25. The molecule has 2 rings (SSSR count). The third kappa shape index (κ3) is 4.64. The van der Waals surface area contributed by atoms with Gasteiger partial charge in [0.2, 0.25) is 0 Å². The molecule has 0 spiro atoms. The van der Waals surface area contributed by atoms with E-state index in [4.69, 9.17) is 15.9 Å². The second-order valence-electron chi connectivity index (χ2n) is 5.84. The van der Waals surface area contributed by atoms with E-state index < -0.39 is 0 Å². The van der Waals surface area contributed by atoms with Gasteiger partial charge in [-0.3, -0.25) is 0 Å². The molecular weight excluding hydrogens is 260 g/mol. The van der Waals surface area contributed by atoms with Crippen LogP contribution in [-0.4, -0.2) is 13.2 Å². The molecule has 21 heavy (non-hydrogen) atoms. The van der Waals surface area contributed by atoms with Crippen molar-refractivity contribution in [2.45, 2.75) is 39.4 Å². The molecule has 2 nitrogen and oxygen atoms in total. The molecule has 1 fully saturated rings. The van der Waals surface area contributed by atoms with E-state index in [1.165, 1.54) is 0 Å². The van der Waals surface area contributed by atoms with Crippen molar-refractivity contribution in [3.63, 3.8) is 0 Å². The van der Waals surface area contributed by atoms with Crippen LogP contribution in [0.2, 0.25) is 0 Å². The van der Waals surface area contributed by atoms with Crippen LogP contribution in [-0.2, 0) is 9.47 Å². The molecule has 0 aliphatic carbocycles. The van der Waals surface area contributed by atoms with Crippen LogP contribution in [0.3, 0.4) is 0 Å². The molecule has 2 heteroatoms. The van der Waals surface area contributed by atoms with Crippen LogP contribution in [0, 0.1) is 29.6 Å². The summed E-state index contributed by atoms with van der Waals surface area (Å²) in [6.07, 6.45) is 7.84. The third-order valence-corrected chi connectivity index (χ3v) is 3.53. The van der Waals surface area contributed by atoms with Gasteiger partial charge in [-0.1, -0.05) is 30.0 Å². The van der Waals surface area contributed by atoms with Gasteiger partial charge in [0.1, 0.15) is 0 Å². The molecule has 1 aromatic rings. The lowest BCUT2D eigenvalue weighted by Gasteiger charge is -2.24. The van der Waals surface area contributed by atoms with Gasteiger partial charge in [0, 0.05) is 23.0 Å². The maximum absolute atomic E-state index is 5.67. The van der Waals surface area contributed by atoms with Gasteiger partial charge in [0.05, 0.1) is 13.2 Å². The van der Waals surface area contributed by atoms with Crippen molar-refractivity contribution in [2.24, 2.45) is 5.41 Å². The number of hydrogen-bond donors (Lipinski definition) is 0. The summed E-state index contributed by atoms with van der Waals surface area (Å²) in [7, 11) is 0. The monoisotopic (exact) mass is 282 g/mol. The molecule has 0 amide bonds. The Kier molecular flexibility index (Phi) is 5.45. The Bertz CT molecular complexity index is 563. The second-order valence-corrected chi connectivity index (χ2v) is 5.84. The summed E-state index contributed by atoms with van der Waals surface area (Å²) < 4.78 is 11.3. The normalized spacial score (nSPS) is 15.9. The zero-order valence-corrected chi connectivity index (χ0v) is 12.8. The standard InChI is InChI=1S/C19H22O2/c1-4-19(2,3)13-8-7-11-16-10-5-6-12-17(16)18-20-14-9-15-21-18/h1,5-6,10,12,18H,8-9,13-15H2,2-3H3. The van der Waals surface area contributed by atoms with Crippen molar-refractivity contribution in [2.75, 3.05) is 13.2 Å². The highest BCUT2D eigenvalue weighted by molar-refractivity contribution is 5.42. The van der Waals surface area contributed by atoms with E-state index in [0.29, 0.717) is 0 Å². The Hall–Kier alpha value is -1.74. The average Bonchev–Trinajstić information content (AvgIpc) is 2.53. The molecule has 110 valence electrons. The smallest absolute Gasteiger partial charge is 0.184 e. The minimum atomic E-state index is -0.286. The van der Waals surface area contributed by atoms with Crippen LogP contribution < -0.4 is 0 Å². The van der Waals surface area contributed by atoms with Gasteiger partial charge in [0.25, 0.3) is 0 Å². The topological polar surface area (TPSA) is 18.5 Å². The average molecular weight is 282 g/mol. The van der Waals surface area contributed by atoms with E-state index in [9.17, 15) is 0 Å². The number of benzene rings is 1. The minimum absolute atomic E-state index is 0.0935. The van der Waals surface area contributed by atoms with Crippen molar-refractivity contribution in [3.05, 3.63) is 35.4 Å². The van der Waals surface area contributed by atoms with Crippen molar-refractivity contribution in [3.8, 4) is 24.2 Å². The van der Waals surface area contributed by atoms with E-state index >= 15 is 0 Å². The largest absolute Gasteiger partial charge is 0.348 e. The minimum Gasteiger partial charge on any atom is -0.348 e. The molecule has 0 aromatic heterocycles. The summed E-state index contributed by atoms with van der Waals surface area (Å²) in [5, 5.41) is 0. The Morgan fingerprint density at radius 2 is 1.95 bits per heavy atom. The summed E-state index contributed by atoms with van der Waals surface area (Å²) >= 11 is 0. The molecule has 1 aromatic carbocycles. The molecule has 0 atom stereocenters. The van der Waals surface area contributed by atoms with E-state index in [0.717, 1.165) is 43.6 Å². The maximum atomic E-state index is 5.67. The zero-order chi connectivity index (χ0) is 15.1. The van der Waals surface area contributed by atoms with E-state index in [1.54, 1.807) is 0 Å². The molecule has 0 unspecified atom stereocenters. The van der Waals surface area contributed by atoms with Crippen molar-refractivity contribution < 1.29 is 9.47 Å². The lowest BCUT2D eigenvalue weighted by atomic mass is 9.89. The number of terminal acetylenes is 1. The zero-order valence-electron chi connectivity index (χ0n) is 12.8. The van der Waals surface area contributed by atoms with Crippen LogP contribution in [0.15, 0.2) is 24.3 Å². The number of rotatable bonds is 3. The Labute approximate surface area is 127 Å². The second kappa shape index (κ2) is 7.32. The SMILES string of the molecule is C#CC(C)(C)CCC#Cc1ccccc1C1OCCCO1. The van der Waals surface area contributed by atoms with Gasteiger partial charge in [0.15, 0.2) is 6.29 Å². The molecule has 1 saturated heterocycles. The molecule has 0 saturated carbocycles. The van der Waals surface area contributed by atoms with Crippen LogP contribution in [0.5, 0.6) is 0 Å². The Morgan fingerprint density at radius 3 is 2.67 bits per heavy atom. The lowest BCUT2D eigenvalue weighted by molar-refractivity contribution is -0.183. The van der Waals surface area contributed by atoms with Crippen molar-refractivity contribution in [1.82, 2.24) is 0 Å². The molecule has 1 aliphatic heterocycles. The van der Waals surface area contributed by atoms with Crippen LogP contribution >= 0.6 is 0 Å². The number of hydrogen-bond acceptors (Lipinski definition) is 2. The highest BCUT2D eigenvalue weighted by atomic mass is 16.7. The molecule has 0 N–H and O–H groups in total.